The van der Waals surface area contributed by atoms with Gasteiger partial charge < -0.3 is 15.8 Å². The van der Waals surface area contributed by atoms with Crippen LogP contribution in [-0.4, -0.2) is 12.3 Å². The number of ether oxygens (including phenoxy) is 1. The smallest absolute Gasteiger partial charge is 0.404 e. The van der Waals surface area contributed by atoms with Crippen LogP contribution in [0.1, 0.15) is 5.56 Å². The molecule has 0 bridgehead atoms. The molecule has 0 saturated carbocycles. The SMILES string of the molecule is I.NC(=NCc1ccccc1Br)Nc1ccccc1OC(F)(F)F. The maximum atomic E-state index is 12.4. The number of nitrogens with one attached hydrogen (secondary N) is 1. The molecule has 0 aliphatic carbocycles. The third kappa shape index (κ3) is 6.56. The van der Waals surface area contributed by atoms with E-state index < -0.39 is 6.36 Å². The van der Waals surface area contributed by atoms with Crippen LogP contribution in [0.3, 0.4) is 0 Å². The van der Waals surface area contributed by atoms with Gasteiger partial charge in [-0.25, -0.2) is 4.99 Å². The predicted octanol–water partition coefficient (Wildman–Crippen LogP) is 4.89. The first-order valence-electron chi connectivity index (χ1n) is 6.50. The van der Waals surface area contributed by atoms with Crippen LogP contribution < -0.4 is 15.8 Å². The molecule has 0 atom stereocenters. The molecule has 2 aromatic rings. The molecule has 4 nitrogen and oxygen atoms in total. The molecule has 2 rings (SSSR count). The lowest BCUT2D eigenvalue weighted by molar-refractivity contribution is -0.274. The van der Waals surface area contributed by atoms with Gasteiger partial charge in [-0.3, -0.25) is 0 Å². The summed E-state index contributed by atoms with van der Waals surface area (Å²) in [6.45, 7) is 0.280. The molecule has 0 aliphatic heterocycles. The Hall–Kier alpha value is -1.49. The number of nitrogens with zero attached hydrogens (tertiary/aromatic N) is 1. The number of halogens is 5. The van der Waals surface area contributed by atoms with Gasteiger partial charge in [0, 0.05) is 4.47 Å². The lowest BCUT2D eigenvalue weighted by Gasteiger charge is -2.14. The highest BCUT2D eigenvalue weighted by molar-refractivity contribution is 14.0. The number of alkyl halides is 3. The average Bonchev–Trinajstić information content (AvgIpc) is 2.47. The molecule has 0 aliphatic rings. The molecule has 0 aromatic heterocycles. The van der Waals surface area contributed by atoms with E-state index in [2.05, 4.69) is 31.0 Å². The first-order chi connectivity index (χ1) is 10.8. The van der Waals surface area contributed by atoms with Crippen molar-refractivity contribution in [1.82, 2.24) is 0 Å². The summed E-state index contributed by atoms with van der Waals surface area (Å²) < 4.78 is 41.9. The van der Waals surface area contributed by atoms with E-state index in [0.717, 1.165) is 10.0 Å². The first-order valence-corrected chi connectivity index (χ1v) is 7.29. The summed E-state index contributed by atoms with van der Waals surface area (Å²) in [5.41, 5.74) is 6.70. The molecule has 2 aromatic carbocycles. The highest BCUT2D eigenvalue weighted by atomic mass is 127. The zero-order chi connectivity index (χ0) is 16.9. The third-order valence-corrected chi connectivity index (χ3v) is 3.53. The summed E-state index contributed by atoms with van der Waals surface area (Å²) in [4.78, 5) is 4.10. The lowest BCUT2D eigenvalue weighted by Crippen LogP contribution is -2.24. The van der Waals surface area contributed by atoms with Crippen molar-refractivity contribution in [2.75, 3.05) is 5.32 Å². The molecule has 9 heteroatoms. The standard InChI is InChI=1S/C15H13BrF3N3O.HI/c16-11-6-2-1-5-10(11)9-21-14(20)22-12-7-3-4-8-13(12)23-15(17,18)19;/h1-8H,9H2,(H3,20,21,22);1H. The number of nitrogens with two attached hydrogens (primary N) is 1. The van der Waals surface area contributed by atoms with Crippen molar-refractivity contribution in [3.63, 3.8) is 0 Å². The van der Waals surface area contributed by atoms with Crippen LogP contribution >= 0.6 is 39.9 Å². The van der Waals surface area contributed by atoms with Crippen molar-refractivity contribution >= 4 is 51.6 Å². The van der Waals surface area contributed by atoms with Gasteiger partial charge in [-0.2, -0.15) is 0 Å². The normalized spacial score (nSPS) is 11.6. The van der Waals surface area contributed by atoms with Crippen molar-refractivity contribution in [1.29, 1.82) is 0 Å². The minimum Gasteiger partial charge on any atom is -0.404 e. The molecular weight excluding hydrogens is 502 g/mol. The second-order valence-electron chi connectivity index (χ2n) is 4.46. The Morgan fingerprint density at radius 1 is 1.12 bits per heavy atom. The van der Waals surface area contributed by atoms with Crippen LogP contribution in [0.15, 0.2) is 58.0 Å². The number of benzene rings is 2. The van der Waals surface area contributed by atoms with E-state index in [4.69, 9.17) is 5.73 Å². The Labute approximate surface area is 162 Å². The number of guanidine groups is 1. The maximum Gasteiger partial charge on any atom is 0.573 e. The van der Waals surface area contributed by atoms with Crippen LogP contribution in [0.4, 0.5) is 18.9 Å². The summed E-state index contributed by atoms with van der Waals surface area (Å²) in [5, 5.41) is 2.61. The van der Waals surface area contributed by atoms with Gasteiger partial charge in [0.25, 0.3) is 0 Å². The van der Waals surface area contributed by atoms with Crippen LogP contribution in [0.25, 0.3) is 0 Å². The summed E-state index contributed by atoms with van der Waals surface area (Å²) in [6, 6.07) is 13.0. The summed E-state index contributed by atoms with van der Waals surface area (Å²) in [7, 11) is 0. The predicted molar refractivity (Wildman–Crippen MR) is 102 cm³/mol. The third-order valence-electron chi connectivity index (χ3n) is 2.75. The number of hydrogen-bond acceptors (Lipinski definition) is 2. The van der Waals surface area contributed by atoms with E-state index in [9.17, 15) is 13.2 Å². The van der Waals surface area contributed by atoms with Crippen molar-refractivity contribution in [3.8, 4) is 5.75 Å². The summed E-state index contributed by atoms with van der Waals surface area (Å²) >= 11 is 3.38. The van der Waals surface area contributed by atoms with Crippen LogP contribution in [0, 0.1) is 0 Å². The second-order valence-corrected chi connectivity index (χ2v) is 5.32. The summed E-state index contributed by atoms with van der Waals surface area (Å²) in [5.74, 6) is -0.391. The Kier molecular flexibility index (Phi) is 7.80. The van der Waals surface area contributed by atoms with E-state index in [0.29, 0.717) is 0 Å². The van der Waals surface area contributed by atoms with Crippen LogP contribution in [0.2, 0.25) is 0 Å². The Morgan fingerprint density at radius 3 is 2.42 bits per heavy atom. The fourth-order valence-electron chi connectivity index (χ4n) is 1.76. The van der Waals surface area contributed by atoms with E-state index in [-0.39, 0.29) is 47.9 Å². The molecule has 24 heavy (non-hydrogen) atoms. The largest absolute Gasteiger partial charge is 0.573 e. The number of anilines is 1. The molecule has 3 N–H and O–H groups in total. The fourth-order valence-corrected chi connectivity index (χ4v) is 2.17. The zero-order valence-corrected chi connectivity index (χ0v) is 16.1. The second kappa shape index (κ2) is 9.11. The molecule has 0 radical (unpaired) electrons. The minimum atomic E-state index is -4.78. The maximum absolute atomic E-state index is 12.4. The van der Waals surface area contributed by atoms with Gasteiger partial charge in [-0.05, 0) is 23.8 Å². The van der Waals surface area contributed by atoms with Gasteiger partial charge in [0.1, 0.15) is 0 Å². The Balaban J connectivity index is 0.00000288. The lowest BCUT2D eigenvalue weighted by atomic mass is 10.2. The molecule has 0 fully saturated rings. The molecule has 0 heterocycles. The van der Waals surface area contributed by atoms with Crippen molar-refractivity contribution in [2.24, 2.45) is 10.7 Å². The van der Waals surface area contributed by atoms with E-state index in [1.54, 1.807) is 6.07 Å². The van der Waals surface area contributed by atoms with Gasteiger partial charge in [0.2, 0.25) is 0 Å². The molecule has 0 amide bonds. The number of hydrogen-bond donors (Lipinski definition) is 2. The quantitative estimate of drug-likeness (QED) is 0.346. The average molecular weight is 516 g/mol. The van der Waals surface area contributed by atoms with Crippen LogP contribution in [0.5, 0.6) is 5.75 Å². The first kappa shape index (κ1) is 20.6. The van der Waals surface area contributed by atoms with Crippen molar-refractivity contribution < 1.29 is 17.9 Å². The van der Waals surface area contributed by atoms with Gasteiger partial charge in [0.05, 0.1) is 12.2 Å². The summed E-state index contributed by atoms with van der Waals surface area (Å²) in [6.07, 6.45) is -4.78. The van der Waals surface area contributed by atoms with Gasteiger partial charge >= 0.3 is 6.36 Å². The number of aliphatic imine (C=N–C) groups is 1. The molecule has 0 saturated heterocycles. The van der Waals surface area contributed by atoms with Crippen molar-refractivity contribution in [3.05, 3.63) is 58.6 Å². The minimum absolute atomic E-state index is 0. The van der Waals surface area contributed by atoms with Gasteiger partial charge in [-0.15, -0.1) is 37.1 Å². The Bertz CT molecular complexity index is 710. The molecule has 130 valence electrons. The highest BCUT2D eigenvalue weighted by Crippen LogP contribution is 2.29. The number of para-hydroxylation sites is 2. The topological polar surface area (TPSA) is 59.6 Å². The van der Waals surface area contributed by atoms with E-state index in [1.165, 1.54) is 18.2 Å². The molecule has 0 unspecified atom stereocenters. The van der Waals surface area contributed by atoms with E-state index >= 15 is 0 Å². The molecule has 0 spiro atoms. The van der Waals surface area contributed by atoms with Gasteiger partial charge in [-0.1, -0.05) is 46.3 Å². The monoisotopic (exact) mass is 515 g/mol. The fraction of sp³-hybridized carbons (Fsp3) is 0.133. The zero-order valence-electron chi connectivity index (χ0n) is 12.2. The Morgan fingerprint density at radius 2 is 1.75 bits per heavy atom. The molecular formula is C15H14BrF3IN3O. The highest BCUT2D eigenvalue weighted by Gasteiger charge is 2.32. The van der Waals surface area contributed by atoms with Crippen molar-refractivity contribution in [2.45, 2.75) is 12.9 Å². The van der Waals surface area contributed by atoms with E-state index in [1.807, 2.05) is 24.3 Å². The van der Waals surface area contributed by atoms with Crippen LogP contribution in [-0.2, 0) is 6.54 Å². The number of rotatable bonds is 4. The van der Waals surface area contributed by atoms with Gasteiger partial charge in [0.15, 0.2) is 11.7 Å².